The maximum atomic E-state index is 12.2. The molecule has 2 rings (SSSR count). The summed E-state index contributed by atoms with van der Waals surface area (Å²) in [7, 11) is 0. The molecule has 0 heterocycles. The van der Waals surface area contributed by atoms with Gasteiger partial charge in [-0.25, -0.2) is 0 Å². The van der Waals surface area contributed by atoms with Crippen molar-refractivity contribution in [3.05, 3.63) is 71.4 Å². The van der Waals surface area contributed by atoms with Crippen LogP contribution >= 0.6 is 0 Å². The predicted molar refractivity (Wildman–Crippen MR) is 99.9 cm³/mol. The first-order valence-corrected chi connectivity index (χ1v) is 8.38. The first-order chi connectivity index (χ1) is 11.6. The van der Waals surface area contributed by atoms with Crippen molar-refractivity contribution >= 4 is 11.5 Å². The van der Waals surface area contributed by atoms with E-state index < -0.39 is 0 Å². The maximum absolute atomic E-state index is 12.2. The lowest BCUT2D eigenvalue weighted by Crippen LogP contribution is -1.99. The van der Waals surface area contributed by atoms with E-state index in [1.54, 1.807) is 24.4 Å². The molecule has 0 atom stereocenters. The van der Waals surface area contributed by atoms with Gasteiger partial charge in [0.15, 0.2) is 5.78 Å². The van der Waals surface area contributed by atoms with Crippen LogP contribution < -0.4 is 10.1 Å². The number of unbranched alkanes of at least 4 members (excludes halogenated alkanes) is 1. The number of nitrogens with one attached hydrogen (secondary N) is 1. The van der Waals surface area contributed by atoms with Crippen LogP contribution in [-0.2, 0) is 0 Å². The second-order valence-electron chi connectivity index (χ2n) is 5.82. The van der Waals surface area contributed by atoms with E-state index in [0.29, 0.717) is 12.2 Å². The topological polar surface area (TPSA) is 38.3 Å². The van der Waals surface area contributed by atoms with Crippen LogP contribution in [0, 0.1) is 13.8 Å². The predicted octanol–water partition coefficient (Wildman–Crippen LogP) is 5.29. The van der Waals surface area contributed by atoms with E-state index in [0.717, 1.165) is 24.3 Å². The van der Waals surface area contributed by atoms with Crippen molar-refractivity contribution in [1.82, 2.24) is 0 Å². The van der Waals surface area contributed by atoms with Crippen LogP contribution in [0.4, 0.5) is 5.69 Å². The van der Waals surface area contributed by atoms with Gasteiger partial charge in [0.05, 0.1) is 6.61 Å². The number of benzene rings is 2. The van der Waals surface area contributed by atoms with Crippen LogP contribution in [0.2, 0.25) is 0 Å². The standard InChI is InChI=1S/C21H25NO2/c1-4-5-15-24-19-11-9-18(10-12-19)21(23)13-14-22-20-8-6-7-16(2)17(20)3/h6-14,22H,4-5,15H2,1-3H3. The van der Waals surface area contributed by atoms with Gasteiger partial charge in [0.1, 0.15) is 5.75 Å². The smallest absolute Gasteiger partial charge is 0.187 e. The van der Waals surface area contributed by atoms with Gasteiger partial charge in [0.25, 0.3) is 0 Å². The molecule has 0 aromatic heterocycles. The Bertz CT molecular complexity index is 702. The number of carbonyl (C=O) groups is 1. The minimum absolute atomic E-state index is 0.0343. The van der Waals surface area contributed by atoms with E-state index in [1.807, 2.05) is 24.3 Å². The van der Waals surface area contributed by atoms with Gasteiger partial charge in [-0.15, -0.1) is 0 Å². The number of carbonyl (C=O) groups excluding carboxylic acids is 1. The Morgan fingerprint density at radius 1 is 1.12 bits per heavy atom. The van der Waals surface area contributed by atoms with Crippen molar-refractivity contribution in [3.63, 3.8) is 0 Å². The van der Waals surface area contributed by atoms with Gasteiger partial charge in [-0.05, 0) is 61.7 Å². The Balaban J connectivity index is 1.93. The first kappa shape index (κ1) is 17.8. The summed E-state index contributed by atoms with van der Waals surface area (Å²) in [6.07, 6.45) is 5.38. The van der Waals surface area contributed by atoms with Gasteiger partial charge < -0.3 is 10.1 Å². The van der Waals surface area contributed by atoms with Crippen molar-refractivity contribution in [2.75, 3.05) is 11.9 Å². The lowest BCUT2D eigenvalue weighted by atomic mass is 10.1. The molecule has 0 unspecified atom stereocenters. The number of ether oxygens (including phenoxy) is 1. The summed E-state index contributed by atoms with van der Waals surface area (Å²) in [5.74, 6) is 0.769. The average Bonchev–Trinajstić information content (AvgIpc) is 2.59. The fourth-order valence-corrected chi connectivity index (χ4v) is 2.26. The molecule has 1 N–H and O–H groups in total. The number of rotatable bonds is 8. The Kier molecular flexibility index (Phi) is 6.62. The van der Waals surface area contributed by atoms with E-state index >= 15 is 0 Å². The average molecular weight is 323 g/mol. The molecular weight excluding hydrogens is 298 g/mol. The molecular formula is C21H25NO2. The molecule has 0 radical (unpaired) electrons. The van der Waals surface area contributed by atoms with E-state index in [-0.39, 0.29) is 5.78 Å². The quantitative estimate of drug-likeness (QED) is 0.407. The largest absolute Gasteiger partial charge is 0.494 e. The zero-order valence-electron chi connectivity index (χ0n) is 14.6. The van der Waals surface area contributed by atoms with Gasteiger partial charge in [-0.1, -0.05) is 25.5 Å². The first-order valence-electron chi connectivity index (χ1n) is 8.38. The molecule has 0 spiro atoms. The molecule has 3 nitrogen and oxygen atoms in total. The summed E-state index contributed by atoms with van der Waals surface area (Å²) in [4.78, 5) is 12.2. The molecule has 0 aliphatic rings. The molecule has 0 fully saturated rings. The summed E-state index contributed by atoms with van der Waals surface area (Å²) < 4.78 is 5.60. The number of hydrogen-bond acceptors (Lipinski definition) is 3. The second-order valence-corrected chi connectivity index (χ2v) is 5.82. The van der Waals surface area contributed by atoms with Crippen LogP contribution in [0.25, 0.3) is 0 Å². The summed E-state index contributed by atoms with van der Waals surface area (Å²) >= 11 is 0. The lowest BCUT2D eigenvalue weighted by Gasteiger charge is -2.07. The van der Waals surface area contributed by atoms with E-state index in [1.165, 1.54) is 11.1 Å². The van der Waals surface area contributed by atoms with Crippen molar-refractivity contribution in [2.45, 2.75) is 33.6 Å². The van der Waals surface area contributed by atoms with E-state index in [2.05, 4.69) is 32.2 Å². The maximum Gasteiger partial charge on any atom is 0.187 e. The Hall–Kier alpha value is -2.55. The SMILES string of the molecule is CCCCOc1ccc(C(=O)C=CNc2cccc(C)c2C)cc1. The highest BCUT2D eigenvalue weighted by molar-refractivity contribution is 6.04. The molecule has 0 bridgehead atoms. The Morgan fingerprint density at radius 3 is 2.58 bits per heavy atom. The monoisotopic (exact) mass is 323 g/mol. The molecule has 126 valence electrons. The molecule has 0 aliphatic carbocycles. The number of allylic oxidation sites excluding steroid dienone is 1. The third kappa shape index (κ3) is 4.98. The minimum atomic E-state index is -0.0343. The molecule has 0 amide bonds. The van der Waals surface area contributed by atoms with Gasteiger partial charge in [-0.2, -0.15) is 0 Å². The highest BCUT2D eigenvalue weighted by atomic mass is 16.5. The Morgan fingerprint density at radius 2 is 1.88 bits per heavy atom. The number of ketones is 1. The molecule has 24 heavy (non-hydrogen) atoms. The van der Waals surface area contributed by atoms with Crippen molar-refractivity contribution in [1.29, 1.82) is 0 Å². The lowest BCUT2D eigenvalue weighted by molar-refractivity contribution is 0.104. The molecule has 2 aromatic carbocycles. The summed E-state index contributed by atoms with van der Waals surface area (Å²) in [5.41, 5.74) is 4.07. The fourth-order valence-electron chi connectivity index (χ4n) is 2.26. The van der Waals surface area contributed by atoms with Gasteiger partial charge in [0, 0.05) is 23.5 Å². The zero-order valence-corrected chi connectivity index (χ0v) is 14.6. The molecule has 0 saturated carbocycles. The Labute approximate surface area is 144 Å². The third-order valence-electron chi connectivity index (χ3n) is 3.98. The zero-order chi connectivity index (χ0) is 17.4. The molecule has 0 aliphatic heterocycles. The van der Waals surface area contributed by atoms with Crippen LogP contribution in [0.3, 0.4) is 0 Å². The van der Waals surface area contributed by atoms with Crippen molar-refractivity contribution in [2.24, 2.45) is 0 Å². The van der Waals surface area contributed by atoms with Crippen LogP contribution in [0.15, 0.2) is 54.7 Å². The van der Waals surface area contributed by atoms with E-state index in [9.17, 15) is 4.79 Å². The van der Waals surface area contributed by atoms with Gasteiger partial charge >= 0.3 is 0 Å². The van der Waals surface area contributed by atoms with Gasteiger partial charge in [0.2, 0.25) is 0 Å². The summed E-state index contributed by atoms with van der Waals surface area (Å²) in [5, 5.41) is 3.17. The summed E-state index contributed by atoms with van der Waals surface area (Å²) in [6, 6.07) is 13.3. The fraction of sp³-hybridized carbons (Fsp3) is 0.286. The van der Waals surface area contributed by atoms with Gasteiger partial charge in [-0.3, -0.25) is 4.79 Å². The highest BCUT2D eigenvalue weighted by Gasteiger charge is 2.03. The summed E-state index contributed by atoms with van der Waals surface area (Å²) in [6.45, 7) is 6.97. The number of anilines is 1. The van der Waals surface area contributed by atoms with Crippen LogP contribution in [0.1, 0.15) is 41.3 Å². The van der Waals surface area contributed by atoms with Crippen LogP contribution in [-0.4, -0.2) is 12.4 Å². The van der Waals surface area contributed by atoms with Crippen molar-refractivity contribution < 1.29 is 9.53 Å². The normalized spacial score (nSPS) is 10.8. The van der Waals surface area contributed by atoms with Crippen molar-refractivity contribution in [3.8, 4) is 5.75 Å². The van der Waals surface area contributed by atoms with E-state index in [4.69, 9.17) is 4.74 Å². The molecule has 3 heteroatoms. The number of hydrogen-bond donors (Lipinski definition) is 1. The second kappa shape index (κ2) is 8.92. The molecule has 0 saturated heterocycles. The minimum Gasteiger partial charge on any atom is -0.494 e. The third-order valence-corrected chi connectivity index (χ3v) is 3.98. The van der Waals surface area contributed by atoms with Crippen LogP contribution in [0.5, 0.6) is 5.75 Å². The highest BCUT2D eigenvalue weighted by Crippen LogP contribution is 2.18. The number of aryl methyl sites for hydroxylation is 1. The molecule has 2 aromatic rings.